The molecule has 0 aliphatic heterocycles. The fraction of sp³-hybridized carbons (Fsp3) is 0.400. The van der Waals surface area contributed by atoms with Crippen LogP contribution in [0.25, 0.3) is 0 Å². The molecule has 72 valence electrons. The van der Waals surface area contributed by atoms with Crippen LogP contribution in [0.2, 0.25) is 0 Å². The normalized spacial score (nSPS) is 9.69. The maximum Gasteiger partial charge on any atom is 0.141 e. The van der Waals surface area contributed by atoms with Crippen molar-refractivity contribution >= 4 is 5.69 Å². The highest BCUT2D eigenvalue weighted by Crippen LogP contribution is 2.22. The molecule has 0 bridgehead atoms. The number of benzene rings is 1. The van der Waals surface area contributed by atoms with Crippen molar-refractivity contribution in [1.29, 1.82) is 0 Å². The molecular formula is C10H15NO2. The van der Waals surface area contributed by atoms with E-state index in [2.05, 4.69) is 5.32 Å². The highest BCUT2D eigenvalue weighted by atomic mass is 16.5. The second-order valence-corrected chi connectivity index (χ2v) is 2.62. The summed E-state index contributed by atoms with van der Waals surface area (Å²) in [5, 5.41) is 3.22. The summed E-state index contributed by atoms with van der Waals surface area (Å²) in [5.41, 5.74) is 1.00. The van der Waals surface area contributed by atoms with E-state index in [9.17, 15) is 0 Å². The molecule has 0 unspecified atom stereocenters. The van der Waals surface area contributed by atoms with Crippen LogP contribution in [-0.4, -0.2) is 27.4 Å². The Morgan fingerprint density at radius 3 is 2.69 bits per heavy atom. The molecule has 1 rings (SSSR count). The SMILES string of the molecule is COCCNc1ccccc1OC. The van der Waals surface area contributed by atoms with Gasteiger partial charge in [-0.3, -0.25) is 0 Å². The van der Waals surface area contributed by atoms with E-state index in [0.29, 0.717) is 6.61 Å². The first-order chi connectivity index (χ1) is 6.38. The Morgan fingerprint density at radius 2 is 2.00 bits per heavy atom. The van der Waals surface area contributed by atoms with Gasteiger partial charge in [-0.15, -0.1) is 0 Å². The molecule has 0 atom stereocenters. The van der Waals surface area contributed by atoms with Gasteiger partial charge in [0.05, 0.1) is 19.4 Å². The Morgan fingerprint density at radius 1 is 1.23 bits per heavy atom. The molecule has 1 aromatic rings. The molecule has 0 amide bonds. The fourth-order valence-corrected chi connectivity index (χ4v) is 1.08. The lowest BCUT2D eigenvalue weighted by Crippen LogP contribution is -2.08. The maximum absolute atomic E-state index is 5.17. The van der Waals surface area contributed by atoms with Crippen LogP contribution in [0.1, 0.15) is 0 Å². The van der Waals surface area contributed by atoms with Crippen molar-refractivity contribution in [3.05, 3.63) is 24.3 Å². The van der Waals surface area contributed by atoms with Crippen molar-refractivity contribution in [1.82, 2.24) is 0 Å². The van der Waals surface area contributed by atoms with Crippen LogP contribution in [0.5, 0.6) is 5.75 Å². The van der Waals surface area contributed by atoms with Gasteiger partial charge in [0.1, 0.15) is 5.75 Å². The lowest BCUT2D eigenvalue weighted by molar-refractivity contribution is 0.210. The van der Waals surface area contributed by atoms with Crippen LogP contribution in [-0.2, 0) is 4.74 Å². The first-order valence-electron chi connectivity index (χ1n) is 4.24. The van der Waals surface area contributed by atoms with E-state index in [4.69, 9.17) is 9.47 Å². The van der Waals surface area contributed by atoms with E-state index >= 15 is 0 Å². The van der Waals surface area contributed by atoms with Gasteiger partial charge in [0, 0.05) is 13.7 Å². The molecule has 0 saturated heterocycles. The highest BCUT2D eigenvalue weighted by molar-refractivity contribution is 5.55. The molecule has 0 radical (unpaired) electrons. The Balaban J connectivity index is 2.54. The molecule has 0 aliphatic carbocycles. The highest BCUT2D eigenvalue weighted by Gasteiger charge is 1.98. The van der Waals surface area contributed by atoms with Crippen LogP contribution in [0.4, 0.5) is 5.69 Å². The number of anilines is 1. The lowest BCUT2D eigenvalue weighted by Gasteiger charge is -2.09. The molecule has 13 heavy (non-hydrogen) atoms. The Kier molecular flexibility index (Phi) is 4.12. The summed E-state index contributed by atoms with van der Waals surface area (Å²) in [4.78, 5) is 0. The van der Waals surface area contributed by atoms with Gasteiger partial charge in [0.25, 0.3) is 0 Å². The number of rotatable bonds is 5. The predicted octanol–water partition coefficient (Wildman–Crippen LogP) is 1.75. The van der Waals surface area contributed by atoms with Crippen molar-refractivity contribution in [3.63, 3.8) is 0 Å². The fourth-order valence-electron chi connectivity index (χ4n) is 1.08. The summed E-state index contributed by atoms with van der Waals surface area (Å²) in [5.74, 6) is 0.860. The summed E-state index contributed by atoms with van der Waals surface area (Å²) in [6.45, 7) is 1.48. The van der Waals surface area contributed by atoms with Crippen LogP contribution in [0.15, 0.2) is 24.3 Å². The van der Waals surface area contributed by atoms with E-state index in [-0.39, 0.29) is 0 Å². The number of ether oxygens (including phenoxy) is 2. The van der Waals surface area contributed by atoms with Gasteiger partial charge in [-0.25, -0.2) is 0 Å². The van der Waals surface area contributed by atoms with Gasteiger partial charge < -0.3 is 14.8 Å². The zero-order valence-corrected chi connectivity index (χ0v) is 8.04. The summed E-state index contributed by atoms with van der Waals surface area (Å²) < 4.78 is 10.1. The van der Waals surface area contributed by atoms with E-state index in [1.54, 1.807) is 14.2 Å². The van der Waals surface area contributed by atoms with Crippen molar-refractivity contribution in [2.24, 2.45) is 0 Å². The third kappa shape index (κ3) is 2.95. The van der Waals surface area contributed by atoms with Crippen molar-refractivity contribution in [3.8, 4) is 5.75 Å². The largest absolute Gasteiger partial charge is 0.495 e. The summed E-state index contributed by atoms with van der Waals surface area (Å²) in [7, 11) is 3.35. The first kappa shape index (κ1) is 9.86. The predicted molar refractivity (Wildman–Crippen MR) is 53.4 cm³/mol. The molecule has 0 aliphatic rings. The van der Waals surface area contributed by atoms with E-state index in [1.165, 1.54) is 0 Å². The Hall–Kier alpha value is -1.22. The van der Waals surface area contributed by atoms with Gasteiger partial charge in [-0.1, -0.05) is 12.1 Å². The maximum atomic E-state index is 5.17. The first-order valence-corrected chi connectivity index (χ1v) is 4.24. The molecule has 1 N–H and O–H groups in total. The van der Waals surface area contributed by atoms with Crippen LogP contribution < -0.4 is 10.1 Å². The standard InChI is InChI=1S/C10H15NO2/c1-12-8-7-11-9-5-3-4-6-10(9)13-2/h3-6,11H,7-8H2,1-2H3. The van der Waals surface area contributed by atoms with Gasteiger partial charge in [0.15, 0.2) is 0 Å². The average Bonchev–Trinajstić information content (AvgIpc) is 2.19. The van der Waals surface area contributed by atoms with E-state index in [1.807, 2.05) is 24.3 Å². The molecule has 0 saturated carbocycles. The number of para-hydroxylation sites is 2. The summed E-state index contributed by atoms with van der Waals surface area (Å²) >= 11 is 0. The topological polar surface area (TPSA) is 30.5 Å². The Bertz CT molecular complexity index is 250. The van der Waals surface area contributed by atoms with Gasteiger partial charge in [-0.2, -0.15) is 0 Å². The van der Waals surface area contributed by atoms with E-state index < -0.39 is 0 Å². The zero-order chi connectivity index (χ0) is 9.52. The van der Waals surface area contributed by atoms with Crippen molar-refractivity contribution in [2.75, 3.05) is 32.7 Å². The minimum absolute atomic E-state index is 0.693. The van der Waals surface area contributed by atoms with Gasteiger partial charge in [0.2, 0.25) is 0 Å². The lowest BCUT2D eigenvalue weighted by atomic mass is 10.3. The minimum Gasteiger partial charge on any atom is -0.495 e. The van der Waals surface area contributed by atoms with Gasteiger partial charge in [-0.05, 0) is 12.1 Å². The van der Waals surface area contributed by atoms with E-state index in [0.717, 1.165) is 18.0 Å². The zero-order valence-electron chi connectivity index (χ0n) is 8.04. The smallest absolute Gasteiger partial charge is 0.141 e. The van der Waals surface area contributed by atoms with Crippen molar-refractivity contribution in [2.45, 2.75) is 0 Å². The molecule has 1 aromatic carbocycles. The average molecular weight is 181 g/mol. The molecule has 0 heterocycles. The molecular weight excluding hydrogens is 166 g/mol. The molecule has 0 spiro atoms. The van der Waals surface area contributed by atoms with Gasteiger partial charge >= 0.3 is 0 Å². The van der Waals surface area contributed by atoms with Crippen LogP contribution >= 0.6 is 0 Å². The van der Waals surface area contributed by atoms with Crippen LogP contribution in [0.3, 0.4) is 0 Å². The Labute approximate surface area is 78.7 Å². The second-order valence-electron chi connectivity index (χ2n) is 2.62. The summed E-state index contributed by atoms with van der Waals surface area (Å²) in [6.07, 6.45) is 0. The molecule has 0 fully saturated rings. The third-order valence-corrected chi connectivity index (χ3v) is 1.73. The minimum atomic E-state index is 0.693. The number of nitrogens with one attached hydrogen (secondary N) is 1. The van der Waals surface area contributed by atoms with Crippen molar-refractivity contribution < 1.29 is 9.47 Å². The quantitative estimate of drug-likeness (QED) is 0.702. The summed E-state index contributed by atoms with van der Waals surface area (Å²) in [6, 6.07) is 7.82. The monoisotopic (exact) mass is 181 g/mol. The molecule has 0 aromatic heterocycles. The number of hydrogen-bond acceptors (Lipinski definition) is 3. The van der Waals surface area contributed by atoms with Crippen LogP contribution in [0, 0.1) is 0 Å². The second kappa shape index (κ2) is 5.43. The molecule has 3 heteroatoms. The molecule has 3 nitrogen and oxygen atoms in total. The number of methoxy groups -OCH3 is 2. The third-order valence-electron chi connectivity index (χ3n) is 1.73. The number of hydrogen-bond donors (Lipinski definition) is 1.